The van der Waals surface area contributed by atoms with Crippen molar-refractivity contribution < 1.29 is 18.0 Å². The van der Waals surface area contributed by atoms with E-state index in [0.29, 0.717) is 17.1 Å². The number of sulfonamides is 1. The summed E-state index contributed by atoms with van der Waals surface area (Å²) in [7, 11) is -0.941. The van der Waals surface area contributed by atoms with Gasteiger partial charge in [-0.3, -0.25) is 19.6 Å². The maximum atomic E-state index is 13.1. The Bertz CT molecular complexity index is 1710. The molecular weight excluding hydrogens is 524 g/mol. The number of nitrogens with one attached hydrogen (secondary N) is 1. The molecule has 0 unspecified atom stereocenters. The molecule has 0 radical (unpaired) electrons. The maximum Gasteiger partial charge on any atom is 0.330 e. The molecule has 198 valence electrons. The van der Waals surface area contributed by atoms with Crippen LogP contribution in [-0.4, -0.2) is 59.2 Å². The Kier molecular flexibility index (Phi) is 6.35. The molecule has 0 atom stereocenters. The van der Waals surface area contributed by atoms with Gasteiger partial charge in [0.2, 0.25) is 5.95 Å². The van der Waals surface area contributed by atoms with E-state index in [1.165, 1.54) is 60.6 Å². The number of azo groups is 1. The van der Waals surface area contributed by atoms with Gasteiger partial charge in [-0.25, -0.2) is 27.9 Å². The van der Waals surface area contributed by atoms with Crippen LogP contribution >= 0.6 is 0 Å². The highest BCUT2D eigenvalue weighted by molar-refractivity contribution is 7.92. The molecule has 0 fully saturated rings. The minimum Gasteiger partial charge on any atom is -0.279 e. The third-order valence-electron chi connectivity index (χ3n) is 5.75. The van der Waals surface area contributed by atoms with Crippen LogP contribution in [-0.2, 0) is 10.0 Å². The number of hydrogen-bond donors (Lipinski definition) is 1. The van der Waals surface area contributed by atoms with Gasteiger partial charge in [-0.1, -0.05) is 0 Å². The fourth-order valence-electron chi connectivity index (χ4n) is 3.92. The summed E-state index contributed by atoms with van der Waals surface area (Å²) in [5, 5.41) is 12.8. The predicted molar refractivity (Wildman–Crippen MR) is 141 cm³/mol. The van der Waals surface area contributed by atoms with Gasteiger partial charge in [0, 0.05) is 37.9 Å². The zero-order chi connectivity index (χ0) is 27.9. The lowest BCUT2D eigenvalue weighted by Crippen LogP contribution is -2.41. The largest absolute Gasteiger partial charge is 0.330 e. The fraction of sp³-hybridized carbons (Fsp3) is 0.167. The molecule has 2 bridgehead atoms. The number of aromatic nitrogens is 5. The van der Waals surface area contributed by atoms with Gasteiger partial charge in [-0.2, -0.15) is 9.80 Å². The number of carbonyl (C=O) groups excluding carboxylic acids is 2. The van der Waals surface area contributed by atoms with Crippen LogP contribution in [0.5, 0.6) is 0 Å². The quantitative estimate of drug-likeness (QED) is 0.358. The number of rotatable bonds is 6. The van der Waals surface area contributed by atoms with Gasteiger partial charge in [-0.05, 0) is 56.3 Å². The summed E-state index contributed by atoms with van der Waals surface area (Å²) in [6.45, 7) is 3.48. The van der Waals surface area contributed by atoms with E-state index >= 15 is 0 Å². The van der Waals surface area contributed by atoms with E-state index in [9.17, 15) is 18.0 Å². The molecule has 1 N–H and O–H groups in total. The Hall–Kier alpha value is -5.05. The molecule has 15 heteroatoms. The van der Waals surface area contributed by atoms with Crippen molar-refractivity contribution >= 4 is 50.9 Å². The van der Waals surface area contributed by atoms with Gasteiger partial charge in [0.15, 0.2) is 17.3 Å². The van der Waals surface area contributed by atoms with Crippen LogP contribution in [0, 0.1) is 13.8 Å². The molecule has 1 aliphatic heterocycles. The van der Waals surface area contributed by atoms with Crippen LogP contribution in [0.3, 0.4) is 0 Å². The Balaban J connectivity index is 1.44. The molecule has 0 saturated carbocycles. The number of fused-ring (bicyclic) bond motifs is 2. The van der Waals surface area contributed by atoms with Crippen LogP contribution in [0.2, 0.25) is 0 Å². The third kappa shape index (κ3) is 4.82. The lowest BCUT2D eigenvalue weighted by Gasteiger charge is -2.26. The summed E-state index contributed by atoms with van der Waals surface area (Å²) in [5.41, 5.74) is 2.06. The van der Waals surface area contributed by atoms with Gasteiger partial charge in [-0.15, -0.1) is 10.2 Å². The topological polar surface area (TPSA) is 168 Å². The van der Waals surface area contributed by atoms with Crippen molar-refractivity contribution in [3.05, 3.63) is 71.8 Å². The maximum absolute atomic E-state index is 13.1. The molecule has 3 aromatic heterocycles. The molecular formula is C24H22N10O4S. The molecule has 4 aromatic rings. The predicted octanol–water partition coefficient (Wildman–Crippen LogP) is 3.60. The van der Waals surface area contributed by atoms with Gasteiger partial charge in [0.1, 0.15) is 0 Å². The van der Waals surface area contributed by atoms with Crippen molar-refractivity contribution in [2.45, 2.75) is 18.7 Å². The van der Waals surface area contributed by atoms with E-state index in [0.717, 1.165) is 4.68 Å². The van der Waals surface area contributed by atoms with E-state index in [4.69, 9.17) is 0 Å². The summed E-state index contributed by atoms with van der Waals surface area (Å²) < 4.78 is 29.1. The van der Waals surface area contributed by atoms with E-state index in [-0.39, 0.29) is 33.7 Å². The Morgan fingerprint density at radius 2 is 1.67 bits per heavy atom. The van der Waals surface area contributed by atoms with Crippen LogP contribution < -0.4 is 14.5 Å². The van der Waals surface area contributed by atoms with Crippen LogP contribution in [0.4, 0.5) is 33.8 Å². The van der Waals surface area contributed by atoms with Gasteiger partial charge in [0.25, 0.3) is 15.9 Å². The Labute approximate surface area is 223 Å². The van der Waals surface area contributed by atoms with Crippen molar-refractivity contribution in [2.24, 2.45) is 10.2 Å². The summed E-state index contributed by atoms with van der Waals surface area (Å²) in [6.07, 6.45) is 2.94. The highest BCUT2D eigenvalue weighted by Gasteiger charge is 2.37. The SMILES string of the molecule is Cc1cc(C)nc(NS(=O)(=O)c2ccc(N=Nc3c4nn(C(=O)c5cccnc5)c3N(C)C(=O)N4C)cc2)n1. The van der Waals surface area contributed by atoms with Crippen molar-refractivity contribution in [3.8, 4) is 0 Å². The summed E-state index contributed by atoms with van der Waals surface area (Å²) >= 11 is 0. The number of hydrogen-bond acceptors (Lipinski definition) is 10. The molecule has 1 aromatic carbocycles. The van der Waals surface area contributed by atoms with Crippen molar-refractivity contribution in [3.63, 3.8) is 0 Å². The highest BCUT2D eigenvalue weighted by atomic mass is 32.2. The number of nitrogens with zero attached hydrogens (tertiary/aromatic N) is 9. The van der Waals surface area contributed by atoms with E-state index in [1.807, 2.05) is 0 Å². The minimum absolute atomic E-state index is 0.0216. The number of benzene rings is 1. The van der Waals surface area contributed by atoms with Crippen LogP contribution in [0.1, 0.15) is 21.7 Å². The lowest BCUT2D eigenvalue weighted by atomic mass is 10.2. The molecule has 0 aliphatic carbocycles. The monoisotopic (exact) mass is 546 g/mol. The average Bonchev–Trinajstić information content (AvgIpc) is 3.25. The van der Waals surface area contributed by atoms with E-state index < -0.39 is 22.0 Å². The second kappa shape index (κ2) is 9.68. The fourth-order valence-corrected chi connectivity index (χ4v) is 4.86. The van der Waals surface area contributed by atoms with Crippen molar-refractivity contribution in [1.82, 2.24) is 24.7 Å². The highest BCUT2D eigenvalue weighted by Crippen LogP contribution is 2.43. The molecule has 1 aliphatic rings. The van der Waals surface area contributed by atoms with Crippen molar-refractivity contribution in [2.75, 3.05) is 28.6 Å². The summed E-state index contributed by atoms with van der Waals surface area (Å²) in [5.74, 6) is -0.231. The first-order chi connectivity index (χ1) is 18.5. The molecule has 39 heavy (non-hydrogen) atoms. The van der Waals surface area contributed by atoms with E-state index in [1.54, 1.807) is 32.0 Å². The second-order valence-corrected chi connectivity index (χ2v) is 10.3. The number of aryl methyl sites for hydroxylation is 2. The van der Waals surface area contributed by atoms with Gasteiger partial charge >= 0.3 is 6.03 Å². The smallest absolute Gasteiger partial charge is 0.279 e. The first-order valence-corrected chi connectivity index (χ1v) is 13.0. The zero-order valence-electron chi connectivity index (χ0n) is 21.3. The first kappa shape index (κ1) is 25.6. The Morgan fingerprint density at radius 1 is 0.974 bits per heavy atom. The molecule has 4 heterocycles. The number of anilines is 3. The molecule has 0 spiro atoms. The molecule has 5 rings (SSSR count). The van der Waals surface area contributed by atoms with Gasteiger partial charge in [0.05, 0.1) is 16.1 Å². The van der Waals surface area contributed by atoms with Gasteiger partial charge < -0.3 is 0 Å². The summed E-state index contributed by atoms with van der Waals surface area (Å²) in [6, 6.07) is 10.2. The van der Waals surface area contributed by atoms with Crippen LogP contribution in [0.25, 0.3) is 0 Å². The zero-order valence-corrected chi connectivity index (χ0v) is 22.1. The number of pyridine rings is 1. The van der Waals surface area contributed by atoms with Crippen molar-refractivity contribution in [1.29, 1.82) is 0 Å². The summed E-state index contributed by atoms with van der Waals surface area (Å²) in [4.78, 5) is 40.4. The van der Waals surface area contributed by atoms with E-state index in [2.05, 4.69) is 35.0 Å². The molecule has 14 nitrogen and oxygen atoms in total. The average molecular weight is 547 g/mol. The number of carbonyl (C=O) groups is 2. The second-order valence-electron chi connectivity index (χ2n) is 8.63. The Morgan fingerprint density at radius 3 is 2.31 bits per heavy atom. The lowest BCUT2D eigenvalue weighted by molar-refractivity contribution is 0.0947. The minimum atomic E-state index is -3.95. The first-order valence-electron chi connectivity index (χ1n) is 11.5. The molecule has 0 saturated heterocycles. The number of urea groups is 1. The normalized spacial score (nSPS) is 13.3. The third-order valence-corrected chi connectivity index (χ3v) is 7.09. The molecule has 2 amide bonds. The standard InChI is InChI=1S/C24H22N10O4S/c1-14-12-15(2)27-23(26-14)31-39(37,38)18-9-7-17(8-10-18)28-29-19-20-30-34(21(19)33(4)24(36)32(20)3)22(35)16-6-5-11-25-13-16/h5-13H,1-4H3,(H,26,27,31). The number of amides is 2. The van der Waals surface area contributed by atoms with Crippen LogP contribution in [0.15, 0.2) is 70.0 Å².